The maximum atomic E-state index is 13.6. The molecule has 0 saturated carbocycles. The monoisotopic (exact) mass is 303 g/mol. The molecule has 0 aromatic heterocycles. The molecule has 0 radical (unpaired) electrons. The van der Waals surface area contributed by atoms with Crippen LogP contribution in [0.3, 0.4) is 0 Å². The molecule has 1 aromatic rings. The molecule has 1 rings (SSSR count). The molecule has 3 nitrogen and oxygen atoms in total. The fourth-order valence-corrected chi connectivity index (χ4v) is 1.93. The molecule has 17 heavy (non-hydrogen) atoms. The van der Waals surface area contributed by atoms with Crippen molar-refractivity contribution in [3.05, 3.63) is 34.1 Å². The van der Waals surface area contributed by atoms with Crippen LogP contribution in [0.15, 0.2) is 22.7 Å². The van der Waals surface area contributed by atoms with E-state index in [0.717, 1.165) is 4.47 Å². The van der Waals surface area contributed by atoms with E-state index in [4.69, 9.17) is 4.74 Å². The summed E-state index contributed by atoms with van der Waals surface area (Å²) in [5.74, 6) is -0.682. The summed E-state index contributed by atoms with van der Waals surface area (Å²) >= 11 is 3.28. The Morgan fingerprint density at radius 3 is 2.71 bits per heavy atom. The van der Waals surface area contributed by atoms with Crippen molar-refractivity contribution in [2.45, 2.75) is 12.5 Å². The molecule has 0 aliphatic rings. The van der Waals surface area contributed by atoms with E-state index in [9.17, 15) is 9.18 Å². The van der Waals surface area contributed by atoms with Crippen LogP contribution in [0.5, 0.6) is 0 Å². The number of likely N-dealkylation sites (N-methyl/N-ethyl adjacent to an activating group) is 1. The van der Waals surface area contributed by atoms with Gasteiger partial charge in [0.05, 0.1) is 7.11 Å². The third kappa shape index (κ3) is 3.78. The van der Waals surface area contributed by atoms with Gasteiger partial charge < -0.3 is 4.74 Å². The van der Waals surface area contributed by atoms with Gasteiger partial charge >= 0.3 is 5.97 Å². The van der Waals surface area contributed by atoms with E-state index >= 15 is 0 Å². The molecule has 0 heterocycles. The third-order valence-electron chi connectivity index (χ3n) is 2.52. The molecule has 0 aliphatic carbocycles. The van der Waals surface area contributed by atoms with Gasteiger partial charge in [-0.1, -0.05) is 15.9 Å². The van der Waals surface area contributed by atoms with E-state index < -0.39 is 6.04 Å². The number of ether oxygens (including phenoxy) is 1. The molecule has 0 fully saturated rings. The summed E-state index contributed by atoms with van der Waals surface area (Å²) < 4.78 is 19.1. The Kier molecular flexibility index (Phi) is 5.08. The van der Waals surface area contributed by atoms with E-state index in [1.165, 1.54) is 13.2 Å². The minimum atomic E-state index is -0.483. The Balaban J connectivity index is 2.93. The standard InChI is InChI=1S/C12H15BrFNO2/c1-15(2)11(12(16)17-3)7-8-6-9(13)4-5-10(8)14/h4-6,11H,7H2,1-3H3/t11-/m0/s1. The van der Waals surface area contributed by atoms with Crippen molar-refractivity contribution in [1.82, 2.24) is 4.90 Å². The molecule has 1 atom stereocenters. The first-order valence-corrected chi connectivity index (χ1v) is 5.93. The van der Waals surface area contributed by atoms with Crippen LogP contribution in [-0.4, -0.2) is 38.1 Å². The van der Waals surface area contributed by atoms with Crippen LogP contribution in [0.25, 0.3) is 0 Å². The number of carbonyl (C=O) groups is 1. The molecule has 0 bridgehead atoms. The van der Waals surface area contributed by atoms with Gasteiger partial charge in [0.1, 0.15) is 11.9 Å². The van der Waals surface area contributed by atoms with Gasteiger partial charge in [-0.15, -0.1) is 0 Å². The summed E-state index contributed by atoms with van der Waals surface area (Å²) in [5.41, 5.74) is 0.489. The molecular formula is C12H15BrFNO2. The lowest BCUT2D eigenvalue weighted by Gasteiger charge is -2.22. The maximum absolute atomic E-state index is 13.6. The molecule has 0 saturated heterocycles. The van der Waals surface area contributed by atoms with Crippen molar-refractivity contribution in [1.29, 1.82) is 0 Å². The molecule has 0 spiro atoms. The van der Waals surface area contributed by atoms with Gasteiger partial charge in [0, 0.05) is 10.9 Å². The van der Waals surface area contributed by atoms with E-state index in [2.05, 4.69) is 15.9 Å². The number of hydrogen-bond acceptors (Lipinski definition) is 3. The summed E-state index contributed by atoms with van der Waals surface area (Å²) in [5, 5.41) is 0. The van der Waals surface area contributed by atoms with Crippen LogP contribution < -0.4 is 0 Å². The summed E-state index contributed by atoms with van der Waals surface area (Å²) in [6, 6.07) is 4.20. The highest BCUT2D eigenvalue weighted by Crippen LogP contribution is 2.18. The average molecular weight is 304 g/mol. The Hall–Kier alpha value is -0.940. The second-order valence-electron chi connectivity index (χ2n) is 3.94. The molecule has 0 N–H and O–H groups in total. The van der Waals surface area contributed by atoms with Crippen LogP contribution in [0, 0.1) is 5.82 Å². The zero-order valence-corrected chi connectivity index (χ0v) is 11.6. The average Bonchev–Trinajstić information content (AvgIpc) is 2.28. The molecule has 1 aromatic carbocycles. The largest absolute Gasteiger partial charge is 0.468 e. The Labute approximate surface area is 109 Å². The quantitative estimate of drug-likeness (QED) is 0.799. The van der Waals surface area contributed by atoms with Crippen molar-refractivity contribution in [2.75, 3.05) is 21.2 Å². The number of rotatable bonds is 4. The van der Waals surface area contributed by atoms with Gasteiger partial charge in [0.25, 0.3) is 0 Å². The van der Waals surface area contributed by atoms with Crippen LogP contribution in [0.2, 0.25) is 0 Å². The highest BCUT2D eigenvalue weighted by molar-refractivity contribution is 9.10. The van der Waals surface area contributed by atoms with E-state index in [1.807, 2.05) is 0 Å². The predicted octanol–water partition coefficient (Wildman–Crippen LogP) is 2.23. The topological polar surface area (TPSA) is 29.5 Å². The first-order chi connectivity index (χ1) is 7.95. The molecule has 5 heteroatoms. The van der Waals surface area contributed by atoms with Crippen LogP contribution in [-0.2, 0) is 16.0 Å². The van der Waals surface area contributed by atoms with Gasteiger partial charge in [0.15, 0.2) is 0 Å². The number of esters is 1. The van der Waals surface area contributed by atoms with Crippen molar-refractivity contribution >= 4 is 21.9 Å². The predicted molar refractivity (Wildman–Crippen MR) is 67.3 cm³/mol. The summed E-state index contributed by atoms with van der Waals surface area (Å²) in [7, 11) is 4.85. The molecule has 0 unspecified atom stereocenters. The van der Waals surface area contributed by atoms with Crippen LogP contribution in [0.4, 0.5) is 4.39 Å². The van der Waals surface area contributed by atoms with E-state index in [0.29, 0.717) is 5.56 Å². The normalized spacial score (nSPS) is 12.6. The van der Waals surface area contributed by atoms with E-state index in [-0.39, 0.29) is 18.2 Å². The first kappa shape index (κ1) is 14.1. The number of methoxy groups -OCH3 is 1. The maximum Gasteiger partial charge on any atom is 0.323 e. The van der Waals surface area contributed by atoms with E-state index in [1.54, 1.807) is 31.1 Å². The Bertz CT molecular complexity index is 409. The van der Waals surface area contributed by atoms with Crippen LogP contribution in [0.1, 0.15) is 5.56 Å². The fraction of sp³-hybridized carbons (Fsp3) is 0.417. The molecule has 94 valence electrons. The minimum Gasteiger partial charge on any atom is -0.468 e. The third-order valence-corrected chi connectivity index (χ3v) is 3.01. The van der Waals surface area contributed by atoms with Crippen molar-refractivity contribution < 1.29 is 13.9 Å². The minimum absolute atomic E-state index is 0.283. The Morgan fingerprint density at radius 2 is 2.18 bits per heavy atom. The fourth-order valence-electron chi connectivity index (χ4n) is 1.52. The number of nitrogens with zero attached hydrogens (tertiary/aromatic N) is 1. The van der Waals surface area contributed by atoms with Gasteiger partial charge in [-0.2, -0.15) is 0 Å². The van der Waals surface area contributed by atoms with Gasteiger partial charge in [0.2, 0.25) is 0 Å². The number of hydrogen-bond donors (Lipinski definition) is 0. The number of benzene rings is 1. The molecule has 0 aliphatic heterocycles. The van der Waals surface area contributed by atoms with Gasteiger partial charge in [-0.05, 0) is 37.9 Å². The zero-order valence-electron chi connectivity index (χ0n) is 10.0. The van der Waals surface area contributed by atoms with Crippen LogP contribution >= 0.6 is 15.9 Å². The summed E-state index contributed by atoms with van der Waals surface area (Å²) in [6.45, 7) is 0. The van der Waals surface area contributed by atoms with Crippen molar-refractivity contribution in [3.63, 3.8) is 0 Å². The van der Waals surface area contributed by atoms with Crippen molar-refractivity contribution in [2.24, 2.45) is 0 Å². The van der Waals surface area contributed by atoms with Gasteiger partial charge in [-0.3, -0.25) is 9.69 Å². The lowest BCUT2D eigenvalue weighted by molar-refractivity contribution is -0.145. The highest BCUT2D eigenvalue weighted by atomic mass is 79.9. The lowest BCUT2D eigenvalue weighted by Crippen LogP contribution is -2.38. The second-order valence-corrected chi connectivity index (χ2v) is 4.86. The zero-order chi connectivity index (χ0) is 13.0. The number of carbonyl (C=O) groups excluding carboxylic acids is 1. The highest BCUT2D eigenvalue weighted by Gasteiger charge is 2.23. The molecular weight excluding hydrogens is 289 g/mol. The Morgan fingerprint density at radius 1 is 1.53 bits per heavy atom. The van der Waals surface area contributed by atoms with Gasteiger partial charge in [-0.25, -0.2) is 4.39 Å². The first-order valence-electron chi connectivity index (χ1n) is 5.14. The SMILES string of the molecule is COC(=O)[C@H](Cc1cc(Br)ccc1F)N(C)C. The lowest BCUT2D eigenvalue weighted by atomic mass is 10.0. The second kappa shape index (κ2) is 6.12. The smallest absolute Gasteiger partial charge is 0.323 e. The summed E-state index contributed by atoms with van der Waals surface area (Å²) in [6.07, 6.45) is 0.283. The summed E-state index contributed by atoms with van der Waals surface area (Å²) in [4.78, 5) is 13.3. The van der Waals surface area contributed by atoms with Crippen molar-refractivity contribution in [3.8, 4) is 0 Å². The number of halogens is 2. The molecule has 0 amide bonds.